The van der Waals surface area contributed by atoms with Crippen LogP contribution in [0.25, 0.3) is 0 Å². The minimum atomic E-state index is -1.00. The Hall–Kier alpha value is -6.56. The maximum absolute atomic E-state index is 15.0. The summed E-state index contributed by atoms with van der Waals surface area (Å²) in [5.74, 6) is -4.78. The molecule has 82 heavy (non-hydrogen) atoms. The number of Topliss-reactive ketones (excluding diaryl/α,β-unsaturated/α-hetero) is 1. The zero-order valence-corrected chi connectivity index (χ0v) is 48.2. The molecule has 4 aliphatic carbocycles. The molecular weight excluding hydrogens is 1050 g/mol. The molecule has 3 aromatic rings. The SMILES string of the molecule is CC[C@@H](C)C(=O)N[C@H](C(=O)N1C[C@@H](NC(=O)c2ccc(C(=O)N[C@H]3C[C@@H](C(=O)N[C@@H]4CCCc5ccc(F)cc54)N(C(=O)[C@@H](CC(=O)[C@H](C)NC)C4CCCCC4)C3)cc2)C[C@H]1C(=O)N[C@@H]1CCCc2ccc(F)cc21)C1CCCCC1. The van der Waals surface area contributed by atoms with Crippen molar-refractivity contribution in [1.82, 2.24) is 41.7 Å². The van der Waals surface area contributed by atoms with Crippen LogP contribution in [0.3, 0.4) is 0 Å². The fourth-order valence-electron chi connectivity index (χ4n) is 13.8. The third-order valence-electron chi connectivity index (χ3n) is 18.9. The van der Waals surface area contributed by atoms with Crippen molar-refractivity contribution in [3.8, 4) is 0 Å². The lowest BCUT2D eigenvalue weighted by Gasteiger charge is -2.35. The second-order valence-electron chi connectivity index (χ2n) is 24.4. The van der Waals surface area contributed by atoms with E-state index in [4.69, 9.17) is 0 Å². The quantitative estimate of drug-likeness (QED) is 0.0695. The second-order valence-corrected chi connectivity index (χ2v) is 24.4. The van der Waals surface area contributed by atoms with Crippen molar-refractivity contribution in [2.75, 3.05) is 20.1 Å². The minimum absolute atomic E-state index is 0.000654. The number of nitrogens with zero attached hydrogens (tertiary/aromatic N) is 2. The van der Waals surface area contributed by atoms with E-state index in [0.717, 1.165) is 101 Å². The zero-order valence-electron chi connectivity index (χ0n) is 48.2. The van der Waals surface area contributed by atoms with E-state index < -0.39 is 89.5 Å². The van der Waals surface area contributed by atoms with Crippen molar-refractivity contribution in [1.29, 1.82) is 0 Å². The Morgan fingerprint density at radius 3 is 1.50 bits per heavy atom. The lowest BCUT2D eigenvalue weighted by molar-refractivity contribution is -0.145. The summed E-state index contributed by atoms with van der Waals surface area (Å²) in [5, 5.41) is 18.4. The highest BCUT2D eigenvalue weighted by atomic mass is 19.1. The van der Waals surface area contributed by atoms with Gasteiger partial charge in [-0.1, -0.05) is 64.5 Å². The van der Waals surface area contributed by atoms with Crippen LogP contribution in [0.15, 0.2) is 60.7 Å². The number of likely N-dealkylation sites (N-methyl/N-ethyl adjacent to an activating group) is 1. The molecule has 10 atom stereocenters. The molecule has 2 saturated carbocycles. The monoisotopic (exact) mass is 1130 g/mol. The summed E-state index contributed by atoms with van der Waals surface area (Å²) in [7, 11) is 1.70. The molecule has 0 bridgehead atoms. The van der Waals surface area contributed by atoms with Gasteiger partial charge in [-0.3, -0.25) is 38.4 Å². The molecule has 9 rings (SSSR count). The molecule has 2 aliphatic heterocycles. The summed E-state index contributed by atoms with van der Waals surface area (Å²) in [6.45, 7) is 5.53. The number of benzene rings is 3. The third-order valence-corrected chi connectivity index (χ3v) is 18.9. The van der Waals surface area contributed by atoms with Crippen LogP contribution in [0.4, 0.5) is 8.78 Å². The molecule has 6 N–H and O–H groups in total. The van der Waals surface area contributed by atoms with E-state index in [2.05, 4.69) is 31.9 Å². The Balaban J connectivity index is 0.903. The van der Waals surface area contributed by atoms with Crippen LogP contribution in [-0.2, 0) is 41.6 Å². The average Bonchev–Trinajstić information content (AvgIpc) is 4.31. The van der Waals surface area contributed by atoms with Gasteiger partial charge < -0.3 is 41.7 Å². The normalized spacial score (nSPS) is 24.4. The van der Waals surface area contributed by atoms with Gasteiger partial charge in [0.05, 0.1) is 18.1 Å². The zero-order chi connectivity index (χ0) is 58.2. The van der Waals surface area contributed by atoms with Gasteiger partial charge in [0.25, 0.3) is 11.8 Å². The number of rotatable bonds is 19. The van der Waals surface area contributed by atoms with Crippen LogP contribution in [-0.4, -0.2) is 113 Å². The fourth-order valence-corrected chi connectivity index (χ4v) is 13.8. The maximum atomic E-state index is 15.0. The molecular formula is C64H84F2N8O8. The molecule has 0 spiro atoms. The highest BCUT2D eigenvalue weighted by Gasteiger charge is 2.47. The number of likely N-dealkylation sites (tertiary alicyclic amines) is 2. The van der Waals surface area contributed by atoms with Gasteiger partial charge in [-0.15, -0.1) is 0 Å². The van der Waals surface area contributed by atoms with Crippen LogP contribution < -0.4 is 31.9 Å². The van der Waals surface area contributed by atoms with Gasteiger partial charge in [0.2, 0.25) is 29.5 Å². The Labute approximate surface area is 481 Å². The topological polar surface area (TPSA) is 215 Å². The molecule has 2 heterocycles. The first-order chi connectivity index (χ1) is 39.5. The van der Waals surface area contributed by atoms with Crippen molar-refractivity contribution >= 4 is 47.1 Å². The number of halogens is 2. The van der Waals surface area contributed by atoms with Crippen LogP contribution in [0.1, 0.15) is 191 Å². The number of nitrogens with one attached hydrogen (secondary N) is 6. The van der Waals surface area contributed by atoms with Gasteiger partial charge in [0.1, 0.15) is 35.5 Å². The summed E-state index contributed by atoms with van der Waals surface area (Å²) < 4.78 is 29.2. The van der Waals surface area contributed by atoms with Gasteiger partial charge in [-0.2, -0.15) is 0 Å². The van der Waals surface area contributed by atoms with Crippen LogP contribution in [0.2, 0.25) is 0 Å². The van der Waals surface area contributed by atoms with E-state index in [9.17, 15) is 47.1 Å². The third kappa shape index (κ3) is 14.1. The Morgan fingerprint density at radius 1 is 0.573 bits per heavy atom. The van der Waals surface area contributed by atoms with Crippen LogP contribution in [0, 0.1) is 35.3 Å². The van der Waals surface area contributed by atoms with E-state index >= 15 is 0 Å². The Bertz CT molecular complexity index is 2650. The van der Waals surface area contributed by atoms with E-state index in [1.54, 1.807) is 31.0 Å². The number of aryl methyl sites for hydroxylation is 2. The Morgan fingerprint density at radius 2 is 1.04 bits per heavy atom. The number of hydrogen-bond acceptors (Lipinski definition) is 9. The van der Waals surface area contributed by atoms with E-state index in [1.165, 1.54) is 53.4 Å². The molecule has 442 valence electrons. The van der Waals surface area contributed by atoms with Gasteiger partial charge >= 0.3 is 0 Å². The highest BCUT2D eigenvalue weighted by molar-refractivity contribution is 5.99. The summed E-state index contributed by atoms with van der Waals surface area (Å²) in [6.07, 6.45) is 13.9. The predicted molar refractivity (Wildman–Crippen MR) is 306 cm³/mol. The van der Waals surface area contributed by atoms with E-state index in [0.29, 0.717) is 30.4 Å². The van der Waals surface area contributed by atoms with Crippen molar-refractivity contribution in [3.63, 3.8) is 0 Å². The summed E-state index contributed by atoms with van der Waals surface area (Å²) in [5.41, 5.74) is 3.76. The van der Waals surface area contributed by atoms with Gasteiger partial charge in [-0.05, 0) is 180 Å². The highest BCUT2D eigenvalue weighted by Crippen LogP contribution is 2.38. The predicted octanol–water partition coefficient (Wildman–Crippen LogP) is 7.63. The van der Waals surface area contributed by atoms with Crippen molar-refractivity contribution in [3.05, 3.63) is 106 Å². The van der Waals surface area contributed by atoms with Gasteiger partial charge in [0, 0.05) is 54.6 Å². The minimum Gasteiger partial charge on any atom is -0.347 e. The summed E-state index contributed by atoms with van der Waals surface area (Å²) in [6, 6.07) is 9.70. The number of fused-ring (bicyclic) bond motifs is 2. The number of carbonyl (C=O) groups is 8. The summed E-state index contributed by atoms with van der Waals surface area (Å²) in [4.78, 5) is 117. The molecule has 4 fully saturated rings. The van der Waals surface area contributed by atoms with E-state index in [-0.39, 0.29) is 84.7 Å². The molecule has 16 nitrogen and oxygen atoms in total. The average molecular weight is 1130 g/mol. The first-order valence-electron chi connectivity index (χ1n) is 30.5. The lowest BCUT2D eigenvalue weighted by Crippen LogP contribution is -2.57. The van der Waals surface area contributed by atoms with Crippen molar-refractivity contribution < 1.29 is 47.1 Å². The number of hydrogen-bond donors (Lipinski definition) is 6. The fraction of sp³-hybridized carbons (Fsp3) is 0.594. The number of carbonyl (C=O) groups excluding carboxylic acids is 8. The van der Waals surface area contributed by atoms with Crippen LogP contribution in [0.5, 0.6) is 0 Å². The van der Waals surface area contributed by atoms with Crippen LogP contribution >= 0.6 is 0 Å². The molecule has 3 aromatic carbocycles. The number of amides is 7. The van der Waals surface area contributed by atoms with Crippen molar-refractivity contribution in [2.45, 2.75) is 198 Å². The maximum Gasteiger partial charge on any atom is 0.251 e. The Kier molecular flexibility index (Phi) is 19.9. The summed E-state index contributed by atoms with van der Waals surface area (Å²) >= 11 is 0. The lowest BCUT2D eigenvalue weighted by atomic mass is 9.76. The first kappa shape index (κ1) is 60.0. The molecule has 0 unspecified atom stereocenters. The molecule has 0 aromatic heterocycles. The van der Waals surface area contributed by atoms with Crippen molar-refractivity contribution in [2.24, 2.45) is 23.7 Å². The molecule has 0 radical (unpaired) electrons. The second kappa shape index (κ2) is 27.2. The molecule has 18 heteroatoms. The number of ketones is 1. The smallest absolute Gasteiger partial charge is 0.251 e. The molecule has 7 amide bonds. The largest absolute Gasteiger partial charge is 0.347 e. The van der Waals surface area contributed by atoms with Gasteiger partial charge in [-0.25, -0.2) is 8.78 Å². The first-order valence-corrected chi connectivity index (χ1v) is 30.5. The van der Waals surface area contributed by atoms with Gasteiger partial charge in [0.15, 0.2) is 0 Å². The van der Waals surface area contributed by atoms with E-state index in [1.807, 2.05) is 13.8 Å². The standard InChI is InChI=1S/C64H84F2N8O8/c1-5-37(2)58(76)72-57(42-16-10-7-11-17-42)64(82)74-36-48(33-55(74)62(80)71-53-21-13-19-41-27-29-46(66)31-50(41)53)69-60(78)44-24-22-43(23-25-44)59(77)68-47-32-54(61(79)70-52-20-12-18-40-26-28-45(65)30-49(40)52)73(35-47)63(81)51(34-56(75)38(3)67-4)39-14-8-6-9-15-39/h22-31,37-39,42,47-48,51-55,57,67H,5-21,32-36H2,1-4H3,(H,68,77)(H,69,78)(H,70,79)(H,71,80)(H,72,76)/t37-,38+,47+,48+,51+,52-,53-,54+,55+,57+/m1/s1. The molecule has 6 aliphatic rings. The molecule has 2 saturated heterocycles.